The largest absolute Gasteiger partial charge is 0.268 e. The fraction of sp³-hybridized carbons (Fsp3) is 0.125. The van der Waals surface area contributed by atoms with Crippen LogP contribution in [0.15, 0.2) is 55.1 Å². The van der Waals surface area contributed by atoms with Crippen LogP contribution in [0.4, 0.5) is 0 Å². The molecule has 1 amide bonds. The third kappa shape index (κ3) is 2.80. The van der Waals surface area contributed by atoms with E-state index >= 15 is 0 Å². The monoisotopic (exact) mass is 250 g/mol. The lowest BCUT2D eigenvalue weighted by Gasteiger charge is -2.12. The molecular formula is C16H14N2O. The second-order valence-electron chi connectivity index (χ2n) is 4.20. The lowest BCUT2D eigenvalue weighted by Crippen LogP contribution is -2.26. The molecule has 0 aromatic heterocycles. The molecule has 3 nitrogen and oxygen atoms in total. The van der Waals surface area contributed by atoms with E-state index < -0.39 is 0 Å². The fourth-order valence-corrected chi connectivity index (χ4v) is 1.90. The van der Waals surface area contributed by atoms with Gasteiger partial charge >= 0.3 is 0 Å². The van der Waals surface area contributed by atoms with Gasteiger partial charge in [-0.3, -0.25) is 4.79 Å². The number of rotatable bonds is 4. The molecule has 2 aromatic carbocycles. The Morgan fingerprint density at radius 3 is 2.68 bits per heavy atom. The Hall–Kier alpha value is -2.60. The normalized spacial score (nSPS) is 9.84. The summed E-state index contributed by atoms with van der Waals surface area (Å²) in [4.78, 5) is 13.4. The van der Waals surface area contributed by atoms with Gasteiger partial charge in [-0.2, -0.15) is 5.26 Å². The minimum atomic E-state index is -0.268. The molecule has 0 unspecified atom stereocenters. The third-order valence-electron chi connectivity index (χ3n) is 2.92. The first-order valence-electron chi connectivity index (χ1n) is 6.07. The van der Waals surface area contributed by atoms with Gasteiger partial charge in [-0.25, -0.2) is 4.90 Å². The van der Waals surface area contributed by atoms with E-state index in [-0.39, 0.29) is 5.91 Å². The first kappa shape index (κ1) is 12.8. The molecule has 0 N–H and O–H groups in total. The fourth-order valence-electron chi connectivity index (χ4n) is 1.90. The Morgan fingerprint density at radius 2 is 2.00 bits per heavy atom. The topological polar surface area (TPSA) is 44.1 Å². The quantitative estimate of drug-likeness (QED) is 0.474. The molecule has 0 radical (unpaired) electrons. The first-order valence-corrected chi connectivity index (χ1v) is 6.07. The highest BCUT2D eigenvalue weighted by molar-refractivity contribution is 5.99. The lowest BCUT2D eigenvalue weighted by atomic mass is 10.1. The molecule has 0 aliphatic heterocycles. The predicted octanol–water partition coefficient (Wildman–Crippen LogP) is 3.34. The number of benzene rings is 2. The summed E-state index contributed by atoms with van der Waals surface area (Å²) in [5, 5.41) is 11.1. The van der Waals surface area contributed by atoms with Crippen LogP contribution in [0.5, 0.6) is 0 Å². The van der Waals surface area contributed by atoms with Gasteiger partial charge in [-0.05, 0) is 29.3 Å². The lowest BCUT2D eigenvalue weighted by molar-refractivity contribution is 0.0834. The van der Waals surface area contributed by atoms with E-state index in [0.29, 0.717) is 18.5 Å². The van der Waals surface area contributed by atoms with E-state index in [0.717, 1.165) is 15.7 Å². The van der Waals surface area contributed by atoms with Gasteiger partial charge in [0.25, 0.3) is 5.91 Å². The van der Waals surface area contributed by atoms with Crippen molar-refractivity contribution in [1.29, 1.82) is 5.26 Å². The number of carbonyl (C=O) groups is 1. The minimum Gasteiger partial charge on any atom is -0.268 e. The van der Waals surface area contributed by atoms with Crippen LogP contribution in [0.3, 0.4) is 0 Å². The second kappa shape index (κ2) is 5.83. The van der Waals surface area contributed by atoms with Crippen LogP contribution in [0, 0.1) is 11.5 Å². The molecule has 0 aliphatic rings. The van der Waals surface area contributed by atoms with Crippen molar-refractivity contribution < 1.29 is 4.79 Å². The zero-order valence-electron chi connectivity index (χ0n) is 10.5. The Kier molecular flexibility index (Phi) is 3.94. The van der Waals surface area contributed by atoms with E-state index in [1.54, 1.807) is 12.1 Å². The average molecular weight is 250 g/mol. The summed E-state index contributed by atoms with van der Waals surface area (Å²) in [5.74, 6) is -0.268. The second-order valence-corrected chi connectivity index (χ2v) is 4.20. The van der Waals surface area contributed by atoms with Crippen molar-refractivity contribution in [3.05, 3.63) is 60.7 Å². The molecule has 2 rings (SSSR count). The molecule has 0 atom stereocenters. The van der Waals surface area contributed by atoms with E-state index in [4.69, 9.17) is 5.26 Å². The maximum atomic E-state index is 12.2. The van der Waals surface area contributed by atoms with E-state index in [9.17, 15) is 4.79 Å². The van der Waals surface area contributed by atoms with Crippen molar-refractivity contribution in [2.75, 3.05) is 6.54 Å². The van der Waals surface area contributed by atoms with Gasteiger partial charge in [-0.15, -0.1) is 6.58 Å². The van der Waals surface area contributed by atoms with Gasteiger partial charge in [0.2, 0.25) is 0 Å². The van der Waals surface area contributed by atoms with Gasteiger partial charge in [0.05, 0.1) is 0 Å². The van der Waals surface area contributed by atoms with E-state index in [1.165, 1.54) is 0 Å². The molecule has 0 heterocycles. The molecular weight excluding hydrogens is 236 g/mol. The van der Waals surface area contributed by atoms with Crippen molar-refractivity contribution in [2.45, 2.75) is 6.42 Å². The van der Waals surface area contributed by atoms with Crippen LogP contribution in [0.1, 0.15) is 16.8 Å². The Bertz CT molecular complexity index is 655. The molecule has 0 aliphatic carbocycles. The smallest absolute Gasteiger partial charge is 0.266 e. The van der Waals surface area contributed by atoms with E-state index in [2.05, 4.69) is 6.58 Å². The summed E-state index contributed by atoms with van der Waals surface area (Å²) in [7, 11) is 0. The Balaban J connectivity index is 2.30. The maximum Gasteiger partial charge on any atom is 0.266 e. The van der Waals surface area contributed by atoms with Crippen molar-refractivity contribution in [2.24, 2.45) is 0 Å². The van der Waals surface area contributed by atoms with Crippen LogP contribution < -0.4 is 0 Å². The van der Waals surface area contributed by atoms with Crippen LogP contribution in [0.2, 0.25) is 0 Å². The molecule has 0 saturated carbocycles. The zero-order valence-corrected chi connectivity index (χ0v) is 10.5. The SMILES string of the molecule is C=CCCN(C#N)C(=O)c1ccc2ccccc2c1. The van der Waals surface area contributed by atoms with Crippen LogP contribution >= 0.6 is 0 Å². The third-order valence-corrected chi connectivity index (χ3v) is 2.92. The molecule has 3 heteroatoms. The van der Waals surface area contributed by atoms with E-state index in [1.807, 2.05) is 42.6 Å². The van der Waals surface area contributed by atoms with Gasteiger partial charge in [-0.1, -0.05) is 36.4 Å². The summed E-state index contributed by atoms with van der Waals surface area (Å²) >= 11 is 0. The van der Waals surface area contributed by atoms with Gasteiger partial charge in [0.1, 0.15) is 0 Å². The van der Waals surface area contributed by atoms with Crippen molar-refractivity contribution >= 4 is 16.7 Å². The van der Waals surface area contributed by atoms with Crippen LogP contribution in [0.25, 0.3) is 10.8 Å². The molecule has 0 bridgehead atoms. The number of nitrogens with zero attached hydrogens (tertiary/aromatic N) is 2. The van der Waals surface area contributed by atoms with Crippen LogP contribution in [-0.2, 0) is 0 Å². The number of nitriles is 1. The number of hydrogen-bond donors (Lipinski definition) is 0. The van der Waals surface area contributed by atoms with Crippen molar-refractivity contribution in [3.8, 4) is 6.19 Å². The van der Waals surface area contributed by atoms with Gasteiger partial charge in [0.15, 0.2) is 6.19 Å². The van der Waals surface area contributed by atoms with Crippen LogP contribution in [-0.4, -0.2) is 17.4 Å². The predicted molar refractivity (Wildman–Crippen MR) is 75.4 cm³/mol. The Morgan fingerprint density at radius 1 is 1.26 bits per heavy atom. The highest BCUT2D eigenvalue weighted by Crippen LogP contribution is 2.16. The number of carbonyl (C=O) groups excluding carboxylic acids is 1. The molecule has 2 aromatic rings. The summed E-state index contributed by atoms with van der Waals surface area (Å²) in [5.41, 5.74) is 0.532. The standard InChI is InChI=1S/C16H14N2O/c1-2-3-10-18(12-17)16(19)15-9-8-13-6-4-5-7-14(13)11-15/h2,4-9,11H,1,3,10H2. The number of amides is 1. The molecule has 0 fully saturated rings. The Labute approximate surface area is 112 Å². The number of hydrogen-bond acceptors (Lipinski definition) is 2. The summed E-state index contributed by atoms with van der Waals surface area (Å²) in [6.45, 7) is 3.96. The summed E-state index contributed by atoms with van der Waals surface area (Å²) < 4.78 is 0. The maximum absolute atomic E-state index is 12.2. The van der Waals surface area contributed by atoms with Crippen molar-refractivity contribution in [1.82, 2.24) is 4.90 Å². The highest BCUT2D eigenvalue weighted by atomic mass is 16.2. The highest BCUT2D eigenvalue weighted by Gasteiger charge is 2.14. The molecule has 19 heavy (non-hydrogen) atoms. The van der Waals surface area contributed by atoms with Crippen molar-refractivity contribution in [3.63, 3.8) is 0 Å². The average Bonchev–Trinajstić information content (AvgIpc) is 2.47. The zero-order chi connectivity index (χ0) is 13.7. The first-order chi connectivity index (χ1) is 9.26. The summed E-state index contributed by atoms with van der Waals surface area (Å²) in [6, 6.07) is 13.3. The number of fused-ring (bicyclic) bond motifs is 1. The van der Waals surface area contributed by atoms with Gasteiger partial charge < -0.3 is 0 Å². The van der Waals surface area contributed by atoms with Gasteiger partial charge in [0, 0.05) is 12.1 Å². The molecule has 0 saturated heterocycles. The minimum absolute atomic E-state index is 0.268. The summed E-state index contributed by atoms with van der Waals surface area (Å²) in [6.07, 6.45) is 4.22. The molecule has 94 valence electrons. The molecule has 0 spiro atoms.